The molecule has 1 aromatic heterocycles. The molecule has 0 spiro atoms. The summed E-state index contributed by atoms with van der Waals surface area (Å²) in [6, 6.07) is 3.09. The van der Waals surface area contributed by atoms with Gasteiger partial charge in [-0.15, -0.1) is 0 Å². The Balaban J connectivity index is 2.61. The topological polar surface area (TPSA) is 71.3 Å². The highest BCUT2D eigenvalue weighted by molar-refractivity contribution is 5.88. The first-order valence-electron chi connectivity index (χ1n) is 8.08. The van der Waals surface area contributed by atoms with Crippen LogP contribution in [0.2, 0.25) is 0 Å². The molecule has 5 nitrogen and oxygen atoms in total. The monoisotopic (exact) mass is 308 g/mol. The van der Waals surface area contributed by atoms with E-state index in [1.54, 1.807) is 18.4 Å². The van der Waals surface area contributed by atoms with Crippen LogP contribution in [0, 0.1) is 11.8 Å². The second-order valence-corrected chi connectivity index (χ2v) is 6.00. The van der Waals surface area contributed by atoms with Crippen LogP contribution in [-0.2, 0) is 16.1 Å². The second-order valence-electron chi connectivity index (χ2n) is 6.00. The molecule has 0 unspecified atom stereocenters. The molecule has 0 saturated heterocycles. The lowest BCUT2D eigenvalue weighted by Gasteiger charge is -2.22. The van der Waals surface area contributed by atoms with Crippen LogP contribution in [-0.4, -0.2) is 17.9 Å². The van der Waals surface area contributed by atoms with E-state index < -0.39 is 6.04 Å². The number of carbonyl (C=O) groups excluding carboxylic acids is 2. The van der Waals surface area contributed by atoms with Crippen molar-refractivity contribution >= 4 is 11.8 Å². The number of rotatable bonds is 9. The zero-order valence-electron chi connectivity index (χ0n) is 14.0. The summed E-state index contributed by atoms with van der Waals surface area (Å²) < 4.78 is 5.20. The third-order valence-electron chi connectivity index (χ3n) is 3.71. The van der Waals surface area contributed by atoms with Crippen molar-refractivity contribution in [2.24, 2.45) is 11.8 Å². The molecule has 1 heterocycles. The predicted molar refractivity (Wildman–Crippen MR) is 86.0 cm³/mol. The molecule has 5 heteroatoms. The number of furan rings is 1. The Morgan fingerprint density at radius 2 is 1.86 bits per heavy atom. The smallest absolute Gasteiger partial charge is 0.242 e. The largest absolute Gasteiger partial charge is 0.467 e. The van der Waals surface area contributed by atoms with Gasteiger partial charge in [-0.3, -0.25) is 9.59 Å². The van der Waals surface area contributed by atoms with E-state index in [1.807, 2.05) is 27.7 Å². The van der Waals surface area contributed by atoms with E-state index >= 15 is 0 Å². The molecule has 1 atom stereocenters. The minimum atomic E-state index is -0.497. The highest BCUT2D eigenvalue weighted by Gasteiger charge is 2.24. The van der Waals surface area contributed by atoms with Crippen molar-refractivity contribution in [2.45, 2.75) is 59.5 Å². The van der Waals surface area contributed by atoms with Gasteiger partial charge in [-0.05, 0) is 37.3 Å². The summed E-state index contributed by atoms with van der Waals surface area (Å²) in [6.45, 7) is 8.39. The van der Waals surface area contributed by atoms with Crippen LogP contribution >= 0.6 is 0 Å². The average molecular weight is 308 g/mol. The van der Waals surface area contributed by atoms with Crippen molar-refractivity contribution in [1.29, 1.82) is 0 Å². The summed E-state index contributed by atoms with van der Waals surface area (Å²) in [5, 5.41) is 5.72. The Kier molecular flexibility index (Phi) is 7.71. The summed E-state index contributed by atoms with van der Waals surface area (Å²) in [6.07, 6.45) is 3.76. The van der Waals surface area contributed by atoms with Crippen molar-refractivity contribution < 1.29 is 14.0 Å². The Hall–Kier alpha value is -1.78. The van der Waals surface area contributed by atoms with Gasteiger partial charge >= 0.3 is 0 Å². The van der Waals surface area contributed by atoms with Crippen LogP contribution in [0.25, 0.3) is 0 Å². The summed E-state index contributed by atoms with van der Waals surface area (Å²) in [5.74, 6) is 0.782. The molecule has 0 aromatic carbocycles. The zero-order chi connectivity index (χ0) is 16.5. The van der Waals surface area contributed by atoms with Crippen LogP contribution in [0.5, 0.6) is 0 Å². The Labute approximate surface area is 132 Å². The summed E-state index contributed by atoms with van der Waals surface area (Å²) >= 11 is 0. The molecule has 0 fully saturated rings. The van der Waals surface area contributed by atoms with Crippen LogP contribution in [0.4, 0.5) is 0 Å². The molecule has 1 aromatic rings. The quantitative estimate of drug-likeness (QED) is 0.737. The van der Waals surface area contributed by atoms with Gasteiger partial charge in [-0.25, -0.2) is 0 Å². The maximum Gasteiger partial charge on any atom is 0.242 e. The first kappa shape index (κ1) is 18.3. The fourth-order valence-electron chi connectivity index (χ4n) is 2.36. The molecular formula is C17H28N2O3. The van der Waals surface area contributed by atoms with Gasteiger partial charge in [0.1, 0.15) is 11.8 Å². The number of hydrogen-bond acceptors (Lipinski definition) is 3. The molecule has 0 aliphatic heterocycles. The number of carbonyl (C=O) groups is 2. The van der Waals surface area contributed by atoms with Crippen molar-refractivity contribution in [3.63, 3.8) is 0 Å². The molecular weight excluding hydrogens is 280 g/mol. The SMILES string of the molecule is CCC(CC)C(=O)N[C@H](CC(C)C)C(=O)NCc1ccco1. The molecule has 1 rings (SSSR count). The first-order valence-corrected chi connectivity index (χ1v) is 8.08. The average Bonchev–Trinajstić information content (AvgIpc) is 2.98. The lowest BCUT2D eigenvalue weighted by atomic mass is 9.99. The van der Waals surface area contributed by atoms with Gasteiger partial charge in [-0.1, -0.05) is 27.7 Å². The summed E-state index contributed by atoms with van der Waals surface area (Å²) in [4.78, 5) is 24.6. The predicted octanol–water partition coefficient (Wildman–Crippen LogP) is 2.86. The van der Waals surface area contributed by atoms with Crippen LogP contribution in [0.15, 0.2) is 22.8 Å². The second kappa shape index (κ2) is 9.28. The highest BCUT2D eigenvalue weighted by Crippen LogP contribution is 2.11. The van der Waals surface area contributed by atoms with Gasteiger partial charge in [0.05, 0.1) is 12.8 Å². The van der Waals surface area contributed by atoms with Crippen LogP contribution < -0.4 is 10.6 Å². The normalized spacial score (nSPS) is 12.5. The van der Waals surface area contributed by atoms with E-state index in [2.05, 4.69) is 10.6 Å². The number of amides is 2. The standard InChI is InChI=1S/C17H28N2O3/c1-5-13(6-2)16(20)19-15(10-12(3)4)17(21)18-11-14-8-7-9-22-14/h7-9,12-13,15H,5-6,10-11H2,1-4H3,(H,18,21)(H,19,20)/t15-/m1/s1. The van der Waals surface area contributed by atoms with Gasteiger partial charge < -0.3 is 15.1 Å². The minimum Gasteiger partial charge on any atom is -0.467 e. The molecule has 0 bridgehead atoms. The molecule has 124 valence electrons. The lowest BCUT2D eigenvalue weighted by Crippen LogP contribution is -2.48. The minimum absolute atomic E-state index is 0.0347. The molecule has 2 amide bonds. The van der Waals surface area contributed by atoms with E-state index in [4.69, 9.17) is 4.42 Å². The lowest BCUT2D eigenvalue weighted by molar-refractivity contribution is -0.131. The summed E-state index contributed by atoms with van der Waals surface area (Å²) in [5.41, 5.74) is 0. The number of hydrogen-bond donors (Lipinski definition) is 2. The van der Waals surface area contributed by atoms with Crippen LogP contribution in [0.1, 0.15) is 52.7 Å². The maximum absolute atomic E-state index is 12.3. The van der Waals surface area contributed by atoms with Crippen molar-refractivity contribution in [1.82, 2.24) is 10.6 Å². The van der Waals surface area contributed by atoms with E-state index in [9.17, 15) is 9.59 Å². The van der Waals surface area contributed by atoms with Gasteiger partial charge in [-0.2, -0.15) is 0 Å². The molecule has 0 aliphatic rings. The summed E-state index contributed by atoms with van der Waals surface area (Å²) in [7, 11) is 0. The van der Waals surface area contributed by atoms with Gasteiger partial charge in [0.2, 0.25) is 11.8 Å². The Bertz CT molecular complexity index is 450. The first-order chi connectivity index (χ1) is 10.5. The van der Waals surface area contributed by atoms with Crippen molar-refractivity contribution in [3.8, 4) is 0 Å². The Morgan fingerprint density at radius 3 is 2.36 bits per heavy atom. The van der Waals surface area contributed by atoms with Crippen LogP contribution in [0.3, 0.4) is 0 Å². The molecule has 0 saturated carbocycles. The van der Waals surface area contributed by atoms with E-state index in [1.165, 1.54) is 0 Å². The van der Waals surface area contributed by atoms with Gasteiger partial charge in [0.25, 0.3) is 0 Å². The van der Waals surface area contributed by atoms with Gasteiger partial charge in [0.15, 0.2) is 0 Å². The fraction of sp³-hybridized carbons (Fsp3) is 0.647. The molecule has 0 radical (unpaired) electrons. The van der Waals surface area contributed by atoms with E-state index in [-0.39, 0.29) is 17.7 Å². The number of nitrogens with one attached hydrogen (secondary N) is 2. The molecule has 0 aliphatic carbocycles. The van der Waals surface area contributed by atoms with Gasteiger partial charge in [0, 0.05) is 5.92 Å². The van der Waals surface area contributed by atoms with E-state index in [0.29, 0.717) is 24.6 Å². The van der Waals surface area contributed by atoms with Crippen molar-refractivity contribution in [2.75, 3.05) is 0 Å². The Morgan fingerprint density at radius 1 is 1.18 bits per heavy atom. The zero-order valence-corrected chi connectivity index (χ0v) is 14.0. The molecule has 22 heavy (non-hydrogen) atoms. The third-order valence-corrected chi connectivity index (χ3v) is 3.71. The fourth-order valence-corrected chi connectivity index (χ4v) is 2.36. The molecule has 2 N–H and O–H groups in total. The van der Waals surface area contributed by atoms with Crippen molar-refractivity contribution in [3.05, 3.63) is 24.2 Å². The highest BCUT2D eigenvalue weighted by atomic mass is 16.3. The third kappa shape index (κ3) is 5.92. The maximum atomic E-state index is 12.3. The van der Waals surface area contributed by atoms with E-state index in [0.717, 1.165) is 12.8 Å².